The molecule has 0 unspecified atom stereocenters. The van der Waals surface area contributed by atoms with Crippen LogP contribution in [0.3, 0.4) is 0 Å². The molecule has 0 radical (unpaired) electrons. The highest BCUT2D eigenvalue weighted by Crippen LogP contribution is 2.21. The molecule has 0 aliphatic carbocycles. The SMILES string of the molecule is CN(Cc1ccncc1)C(=O)/C=C/c1csc(Br)c1. The number of hydrogen-bond acceptors (Lipinski definition) is 3. The second-order valence-electron chi connectivity index (χ2n) is 4.07. The van der Waals surface area contributed by atoms with Crippen LogP contribution in [0.1, 0.15) is 11.1 Å². The molecule has 0 aromatic carbocycles. The Balaban J connectivity index is 1.94. The lowest BCUT2D eigenvalue weighted by atomic mass is 10.2. The topological polar surface area (TPSA) is 33.2 Å². The van der Waals surface area contributed by atoms with Crippen molar-refractivity contribution in [3.05, 3.63) is 57.0 Å². The molecule has 19 heavy (non-hydrogen) atoms. The maximum absolute atomic E-state index is 11.9. The lowest BCUT2D eigenvalue weighted by molar-refractivity contribution is -0.125. The molecule has 0 atom stereocenters. The van der Waals surface area contributed by atoms with Crippen molar-refractivity contribution in [3.63, 3.8) is 0 Å². The molecule has 3 nitrogen and oxygen atoms in total. The molecule has 0 spiro atoms. The molecular weight excluding hydrogens is 324 g/mol. The largest absolute Gasteiger partial charge is 0.338 e. The summed E-state index contributed by atoms with van der Waals surface area (Å²) >= 11 is 5.00. The monoisotopic (exact) mass is 336 g/mol. The third kappa shape index (κ3) is 4.29. The van der Waals surface area contributed by atoms with Gasteiger partial charge in [0.05, 0.1) is 3.79 Å². The first-order valence-corrected chi connectivity index (χ1v) is 7.38. The van der Waals surface area contributed by atoms with Gasteiger partial charge in [0.15, 0.2) is 0 Å². The van der Waals surface area contributed by atoms with Crippen LogP contribution in [0.2, 0.25) is 0 Å². The Hall–Kier alpha value is -1.46. The highest BCUT2D eigenvalue weighted by atomic mass is 79.9. The van der Waals surface area contributed by atoms with E-state index in [2.05, 4.69) is 20.9 Å². The van der Waals surface area contributed by atoms with Crippen LogP contribution in [0.5, 0.6) is 0 Å². The van der Waals surface area contributed by atoms with E-state index in [9.17, 15) is 4.79 Å². The number of rotatable bonds is 4. The Morgan fingerprint density at radius 1 is 1.47 bits per heavy atom. The van der Waals surface area contributed by atoms with Gasteiger partial charge in [0.2, 0.25) is 5.91 Å². The second kappa shape index (κ2) is 6.63. The van der Waals surface area contributed by atoms with E-state index in [1.54, 1.807) is 41.8 Å². The number of nitrogens with zero attached hydrogens (tertiary/aromatic N) is 2. The normalized spacial score (nSPS) is 10.8. The van der Waals surface area contributed by atoms with Crippen LogP contribution in [0.4, 0.5) is 0 Å². The van der Waals surface area contributed by atoms with Crippen molar-refractivity contribution in [1.82, 2.24) is 9.88 Å². The zero-order valence-electron chi connectivity index (χ0n) is 10.4. The van der Waals surface area contributed by atoms with Gasteiger partial charge in [-0.3, -0.25) is 9.78 Å². The summed E-state index contributed by atoms with van der Waals surface area (Å²) in [6.07, 6.45) is 6.88. The van der Waals surface area contributed by atoms with Crippen molar-refractivity contribution in [2.24, 2.45) is 0 Å². The van der Waals surface area contributed by atoms with E-state index in [1.165, 1.54) is 0 Å². The lowest BCUT2D eigenvalue weighted by Crippen LogP contribution is -2.24. The second-order valence-corrected chi connectivity index (χ2v) is 6.36. The maximum Gasteiger partial charge on any atom is 0.246 e. The number of carbonyl (C=O) groups excluding carboxylic acids is 1. The van der Waals surface area contributed by atoms with Crippen molar-refractivity contribution in [1.29, 1.82) is 0 Å². The van der Waals surface area contributed by atoms with Crippen LogP contribution in [-0.2, 0) is 11.3 Å². The van der Waals surface area contributed by atoms with E-state index < -0.39 is 0 Å². The molecule has 98 valence electrons. The van der Waals surface area contributed by atoms with E-state index in [4.69, 9.17) is 0 Å². The summed E-state index contributed by atoms with van der Waals surface area (Å²) in [4.78, 5) is 17.6. The van der Waals surface area contributed by atoms with Crippen molar-refractivity contribution in [3.8, 4) is 0 Å². The average Bonchev–Trinajstić information content (AvgIpc) is 2.83. The minimum atomic E-state index is -0.0147. The molecule has 2 heterocycles. The van der Waals surface area contributed by atoms with Crippen molar-refractivity contribution in [2.45, 2.75) is 6.54 Å². The number of pyridine rings is 1. The Morgan fingerprint density at radius 2 is 2.21 bits per heavy atom. The highest BCUT2D eigenvalue weighted by Gasteiger charge is 2.05. The van der Waals surface area contributed by atoms with Gasteiger partial charge in [0.25, 0.3) is 0 Å². The molecule has 0 saturated carbocycles. The van der Waals surface area contributed by atoms with Gasteiger partial charge in [-0.15, -0.1) is 11.3 Å². The van der Waals surface area contributed by atoms with E-state index in [1.807, 2.05) is 29.7 Å². The van der Waals surface area contributed by atoms with Crippen molar-refractivity contribution < 1.29 is 4.79 Å². The smallest absolute Gasteiger partial charge is 0.246 e. The molecular formula is C14H13BrN2OS. The van der Waals surface area contributed by atoms with Crippen LogP contribution >= 0.6 is 27.3 Å². The zero-order valence-corrected chi connectivity index (χ0v) is 12.8. The van der Waals surface area contributed by atoms with Crippen LogP contribution in [0.25, 0.3) is 6.08 Å². The minimum absolute atomic E-state index is 0.0147. The third-order valence-electron chi connectivity index (χ3n) is 2.55. The molecule has 2 aromatic heterocycles. The molecule has 0 bridgehead atoms. The predicted molar refractivity (Wildman–Crippen MR) is 81.8 cm³/mol. The van der Waals surface area contributed by atoms with Crippen molar-refractivity contribution in [2.75, 3.05) is 7.05 Å². The van der Waals surface area contributed by atoms with E-state index in [-0.39, 0.29) is 5.91 Å². The predicted octanol–water partition coefficient (Wildman–Crippen LogP) is 3.58. The first-order chi connectivity index (χ1) is 9.15. The Kier molecular flexibility index (Phi) is 4.87. The third-order valence-corrected chi connectivity index (χ3v) is 4.07. The molecule has 0 fully saturated rings. The van der Waals surface area contributed by atoms with E-state index in [0.717, 1.165) is 14.9 Å². The Bertz CT molecular complexity index is 580. The number of hydrogen-bond donors (Lipinski definition) is 0. The summed E-state index contributed by atoms with van der Waals surface area (Å²) < 4.78 is 1.06. The van der Waals surface area contributed by atoms with Crippen molar-refractivity contribution >= 4 is 39.2 Å². The molecule has 0 N–H and O–H groups in total. The molecule has 0 saturated heterocycles. The quantitative estimate of drug-likeness (QED) is 0.799. The first-order valence-electron chi connectivity index (χ1n) is 5.71. The standard InChI is InChI=1S/C14H13BrN2OS/c1-17(9-11-4-6-16-7-5-11)14(18)3-2-12-8-13(15)19-10-12/h2-8,10H,9H2,1H3/b3-2+. The van der Waals surface area contributed by atoms with Gasteiger partial charge in [-0.1, -0.05) is 0 Å². The molecule has 0 aliphatic rings. The van der Waals surface area contributed by atoms with Crippen LogP contribution in [0, 0.1) is 0 Å². The molecule has 2 rings (SSSR count). The summed E-state index contributed by atoms with van der Waals surface area (Å²) in [5, 5.41) is 2.00. The van der Waals surface area contributed by atoms with Crippen LogP contribution < -0.4 is 0 Å². The fourth-order valence-electron chi connectivity index (χ4n) is 1.55. The summed E-state index contributed by atoms with van der Waals surface area (Å²) in [6.45, 7) is 0.582. The number of carbonyl (C=O) groups is 1. The fourth-order valence-corrected chi connectivity index (χ4v) is 2.69. The highest BCUT2D eigenvalue weighted by molar-refractivity contribution is 9.11. The first kappa shape index (κ1) is 14.0. The van der Waals surface area contributed by atoms with Gasteiger partial charge < -0.3 is 4.90 Å². The average molecular weight is 337 g/mol. The van der Waals surface area contributed by atoms with Crippen LogP contribution in [0.15, 0.2) is 45.8 Å². The maximum atomic E-state index is 11.9. The lowest BCUT2D eigenvalue weighted by Gasteiger charge is -2.14. The summed E-state index contributed by atoms with van der Waals surface area (Å²) in [5.41, 5.74) is 2.10. The number of amides is 1. The molecule has 5 heteroatoms. The van der Waals surface area contributed by atoms with E-state index >= 15 is 0 Å². The van der Waals surface area contributed by atoms with Gasteiger partial charge >= 0.3 is 0 Å². The summed E-state index contributed by atoms with van der Waals surface area (Å²) in [6, 6.07) is 5.80. The fraction of sp³-hybridized carbons (Fsp3) is 0.143. The molecule has 1 amide bonds. The van der Waals surface area contributed by atoms with Gasteiger partial charge in [0, 0.05) is 32.1 Å². The van der Waals surface area contributed by atoms with Gasteiger partial charge in [0.1, 0.15) is 0 Å². The number of aromatic nitrogens is 1. The van der Waals surface area contributed by atoms with Gasteiger partial charge in [-0.05, 0) is 56.7 Å². The summed E-state index contributed by atoms with van der Waals surface area (Å²) in [5.74, 6) is -0.0147. The van der Waals surface area contributed by atoms with E-state index in [0.29, 0.717) is 6.54 Å². The number of halogens is 1. The molecule has 0 aliphatic heterocycles. The van der Waals surface area contributed by atoms with Gasteiger partial charge in [-0.25, -0.2) is 0 Å². The summed E-state index contributed by atoms with van der Waals surface area (Å²) in [7, 11) is 1.79. The Labute approximate surface area is 124 Å². The molecule has 2 aromatic rings. The minimum Gasteiger partial charge on any atom is -0.338 e. The number of thiophene rings is 1. The van der Waals surface area contributed by atoms with Crippen LogP contribution in [-0.4, -0.2) is 22.8 Å². The Morgan fingerprint density at radius 3 is 2.84 bits per heavy atom. The zero-order chi connectivity index (χ0) is 13.7. The van der Waals surface area contributed by atoms with Gasteiger partial charge in [-0.2, -0.15) is 0 Å². The number of likely N-dealkylation sites (N-methyl/N-ethyl adjacent to an activating group) is 1.